The van der Waals surface area contributed by atoms with Crippen molar-refractivity contribution in [2.24, 2.45) is 0 Å². The Morgan fingerprint density at radius 3 is 0.640 bits per heavy atom. The highest BCUT2D eigenvalue weighted by Gasteiger charge is 2.17. The topological polar surface area (TPSA) is 13.0 Å². The minimum Gasteiger partial charge on any atom is -0.298 e. The van der Waals surface area contributed by atoms with E-state index < -0.39 is 0 Å². The molecule has 0 spiro atoms. The van der Waals surface area contributed by atoms with Crippen molar-refractivity contribution in [2.45, 2.75) is 94.4 Å². The number of benzene rings is 4. The van der Waals surface area contributed by atoms with Crippen LogP contribution in [0.15, 0.2) is 72.8 Å². The van der Waals surface area contributed by atoms with E-state index in [9.17, 15) is 0 Å². The van der Waals surface area contributed by atoms with Gasteiger partial charge in [-0.05, 0) is 117 Å². The first-order chi connectivity index (χ1) is 23.9. The van der Waals surface area contributed by atoms with Crippen molar-refractivity contribution in [1.29, 1.82) is 0 Å². The Bertz CT molecular complexity index is 1360. The summed E-state index contributed by atoms with van der Waals surface area (Å²) >= 11 is 0. The number of nitrogens with zero attached hydrogens (tertiary/aromatic N) is 4. The van der Waals surface area contributed by atoms with Gasteiger partial charge < -0.3 is 0 Å². The van der Waals surface area contributed by atoms with Crippen molar-refractivity contribution in [3.05, 3.63) is 140 Å². The van der Waals surface area contributed by atoms with Crippen LogP contribution in [0.2, 0.25) is 0 Å². The second kappa shape index (κ2) is 18.3. The van der Waals surface area contributed by atoms with Crippen LogP contribution < -0.4 is 0 Å². The Hall–Kier alpha value is -3.28. The van der Waals surface area contributed by atoms with Crippen molar-refractivity contribution in [2.75, 3.05) is 52.4 Å². The van der Waals surface area contributed by atoms with Gasteiger partial charge in [-0.1, -0.05) is 117 Å². The lowest BCUT2D eigenvalue weighted by atomic mass is 10.1. The lowest BCUT2D eigenvalue weighted by molar-refractivity contribution is 0.148. The molecule has 4 heteroatoms. The van der Waals surface area contributed by atoms with Crippen molar-refractivity contribution in [1.82, 2.24) is 19.6 Å². The molecule has 5 rings (SSSR count). The summed E-state index contributed by atoms with van der Waals surface area (Å²) in [4.78, 5) is 10.9. The first-order valence-corrected chi connectivity index (χ1v) is 19.1. The third kappa shape index (κ3) is 12.5. The van der Waals surface area contributed by atoms with E-state index in [-0.39, 0.29) is 0 Å². The molecule has 0 unspecified atom stereocenters. The van der Waals surface area contributed by atoms with E-state index in [4.69, 9.17) is 0 Å². The van der Waals surface area contributed by atoms with Crippen LogP contribution in [0.5, 0.6) is 0 Å². The average Bonchev–Trinajstić information content (AvgIpc) is 2.99. The van der Waals surface area contributed by atoms with Gasteiger partial charge in [0.2, 0.25) is 0 Å². The molecule has 0 aliphatic carbocycles. The monoisotopic (exact) mass is 673 g/mol. The Morgan fingerprint density at radius 1 is 0.280 bits per heavy atom. The van der Waals surface area contributed by atoms with Crippen LogP contribution in [0.4, 0.5) is 0 Å². The normalized spacial score (nSPS) is 16.8. The van der Waals surface area contributed by atoms with Crippen LogP contribution in [0.1, 0.15) is 79.6 Å². The lowest BCUT2D eigenvalue weighted by Crippen LogP contribution is -2.40. The second-order valence-electron chi connectivity index (χ2n) is 15.8. The van der Waals surface area contributed by atoms with E-state index in [0.717, 1.165) is 78.5 Å². The molecule has 268 valence electrons. The second-order valence-corrected chi connectivity index (χ2v) is 15.8. The van der Waals surface area contributed by atoms with E-state index in [1.807, 2.05) is 0 Å². The fourth-order valence-electron chi connectivity index (χ4n) is 8.36. The molecule has 0 radical (unpaired) electrons. The van der Waals surface area contributed by atoms with Crippen LogP contribution in [0.25, 0.3) is 0 Å². The van der Waals surface area contributed by atoms with Gasteiger partial charge in [0, 0.05) is 52.4 Å². The zero-order chi connectivity index (χ0) is 35.6. The van der Waals surface area contributed by atoms with Crippen LogP contribution in [0.3, 0.4) is 0 Å². The molecule has 4 nitrogen and oxygen atoms in total. The molecule has 0 bridgehead atoms. The fraction of sp³-hybridized carbons (Fsp3) is 0.478. The van der Waals surface area contributed by atoms with Crippen molar-refractivity contribution in [3.8, 4) is 0 Å². The molecule has 1 heterocycles. The molecule has 1 aliphatic heterocycles. The first kappa shape index (κ1) is 38.0. The Labute approximate surface area is 305 Å². The molecule has 0 saturated carbocycles. The molecular formula is C46H64N4. The predicted molar refractivity (Wildman–Crippen MR) is 214 cm³/mol. The van der Waals surface area contributed by atoms with Gasteiger partial charge in [-0.2, -0.15) is 0 Å². The third-order valence-corrected chi connectivity index (χ3v) is 10.1. The van der Waals surface area contributed by atoms with E-state index in [2.05, 4.69) is 148 Å². The highest BCUT2D eigenvalue weighted by atomic mass is 15.2. The van der Waals surface area contributed by atoms with E-state index in [1.54, 1.807) is 0 Å². The average molecular weight is 673 g/mol. The molecule has 4 aromatic rings. The largest absolute Gasteiger partial charge is 0.298 e. The van der Waals surface area contributed by atoms with Gasteiger partial charge in [-0.25, -0.2) is 0 Å². The molecule has 0 amide bonds. The summed E-state index contributed by atoms with van der Waals surface area (Å²) in [6, 6.07) is 28.3. The molecule has 0 N–H and O–H groups in total. The number of hydrogen-bond donors (Lipinski definition) is 0. The van der Waals surface area contributed by atoms with E-state index >= 15 is 0 Å². The standard InChI is InChI=1S/C46H64N4/c1-35-19-36(2)24-43(23-35)31-47-11-9-12-49(33-45-27-39(5)21-40(6)28-45)17-18-50(34-46-29-41(7)22-42(8)30-46)14-10-13-48(16-15-47)32-44-25-37(3)20-38(4)26-44/h19-30H,9-18,31-34H2,1-8H3. The molecule has 1 aliphatic rings. The Morgan fingerprint density at radius 2 is 0.460 bits per heavy atom. The molecule has 1 saturated heterocycles. The molecule has 0 atom stereocenters. The minimum atomic E-state index is 1.01. The quantitative estimate of drug-likeness (QED) is 0.185. The zero-order valence-corrected chi connectivity index (χ0v) is 32.6. The number of aryl methyl sites for hydroxylation is 8. The predicted octanol–water partition coefficient (Wildman–Crippen LogP) is 9.26. The van der Waals surface area contributed by atoms with Crippen molar-refractivity contribution in [3.63, 3.8) is 0 Å². The fourth-order valence-corrected chi connectivity index (χ4v) is 8.36. The molecule has 50 heavy (non-hydrogen) atoms. The Kier molecular flexibility index (Phi) is 13.9. The van der Waals surface area contributed by atoms with Gasteiger partial charge in [0.1, 0.15) is 0 Å². The van der Waals surface area contributed by atoms with Crippen molar-refractivity contribution < 1.29 is 0 Å². The summed E-state index contributed by atoms with van der Waals surface area (Å²) in [5.41, 5.74) is 16.7. The minimum absolute atomic E-state index is 1.01. The summed E-state index contributed by atoms with van der Waals surface area (Å²) in [5, 5.41) is 0. The lowest BCUT2D eigenvalue weighted by Gasteiger charge is -2.32. The summed E-state index contributed by atoms with van der Waals surface area (Å²) in [6.45, 7) is 30.7. The molecule has 4 aromatic carbocycles. The van der Waals surface area contributed by atoms with Crippen molar-refractivity contribution >= 4 is 0 Å². The highest BCUT2D eigenvalue weighted by Crippen LogP contribution is 2.18. The zero-order valence-electron chi connectivity index (χ0n) is 32.6. The SMILES string of the molecule is Cc1cc(C)cc(CN2CCCN(Cc3cc(C)cc(C)c3)CCN(Cc3cc(C)cc(C)c3)CCCN(Cc3cc(C)cc(C)c3)CC2)c1. The van der Waals surface area contributed by atoms with E-state index in [0.29, 0.717) is 0 Å². The van der Waals surface area contributed by atoms with Gasteiger partial charge >= 0.3 is 0 Å². The van der Waals surface area contributed by atoms with Gasteiger partial charge in [0.25, 0.3) is 0 Å². The van der Waals surface area contributed by atoms with Crippen LogP contribution in [0, 0.1) is 55.4 Å². The maximum Gasteiger partial charge on any atom is 0.0234 e. The molecule has 1 fully saturated rings. The number of rotatable bonds is 8. The van der Waals surface area contributed by atoms with Crippen LogP contribution in [-0.2, 0) is 26.2 Å². The third-order valence-electron chi connectivity index (χ3n) is 10.1. The van der Waals surface area contributed by atoms with E-state index in [1.165, 1.54) is 79.6 Å². The van der Waals surface area contributed by atoms with Gasteiger partial charge in [0.05, 0.1) is 0 Å². The highest BCUT2D eigenvalue weighted by molar-refractivity contribution is 5.31. The van der Waals surface area contributed by atoms with Crippen LogP contribution >= 0.6 is 0 Å². The number of hydrogen-bond acceptors (Lipinski definition) is 4. The Balaban J connectivity index is 1.39. The summed E-state index contributed by atoms with van der Waals surface area (Å²) in [7, 11) is 0. The van der Waals surface area contributed by atoms with Gasteiger partial charge in [0.15, 0.2) is 0 Å². The van der Waals surface area contributed by atoms with Gasteiger partial charge in [-0.15, -0.1) is 0 Å². The smallest absolute Gasteiger partial charge is 0.0234 e. The first-order valence-electron chi connectivity index (χ1n) is 19.1. The van der Waals surface area contributed by atoms with Gasteiger partial charge in [-0.3, -0.25) is 19.6 Å². The maximum absolute atomic E-state index is 2.73. The summed E-state index contributed by atoms with van der Waals surface area (Å²) in [6.07, 6.45) is 2.34. The summed E-state index contributed by atoms with van der Waals surface area (Å²) < 4.78 is 0. The summed E-state index contributed by atoms with van der Waals surface area (Å²) in [5.74, 6) is 0. The molecular weight excluding hydrogens is 609 g/mol. The maximum atomic E-state index is 2.73. The van der Waals surface area contributed by atoms with Crippen LogP contribution in [-0.4, -0.2) is 72.0 Å². The molecule has 0 aromatic heterocycles.